The van der Waals surface area contributed by atoms with Gasteiger partial charge in [-0.15, -0.1) is 11.8 Å². The molecule has 1 saturated heterocycles. The number of thioether (sulfide) groups is 1. The Kier molecular flexibility index (Phi) is 17.3. The number of nitrogens with zero attached hydrogens (tertiary/aromatic N) is 5. The maximum atomic E-state index is 14.1. The van der Waals surface area contributed by atoms with Gasteiger partial charge in [0, 0.05) is 95.6 Å². The number of nitro groups is 1. The largest absolute Gasteiger partial charge is 0.376 e. The second-order valence-electron chi connectivity index (χ2n) is 17.5. The third kappa shape index (κ3) is 13.6. The van der Waals surface area contributed by atoms with E-state index in [4.69, 9.17) is 11.6 Å². The molecule has 0 saturated carbocycles. The molecule has 0 radical (unpaired) electrons. The summed E-state index contributed by atoms with van der Waals surface area (Å²) in [5, 5.41) is 19.5. The number of hydrogen-bond acceptors (Lipinski definition) is 10. The SMILES string of the molecule is Cc1c(C(=O)NCCCN2CCN(C)CC2)c(-c2cccc(C#Cc3ccc(NS(=O)(=O)c4ccc(N[C@H](CCN(C)C)CSc5ccccc5)c([N+](=O)[O-])c4)cc3)c2)c(-c2ccc(Cl)cc2)n1C. The summed E-state index contributed by atoms with van der Waals surface area (Å²) in [4.78, 5) is 33.5. The van der Waals surface area contributed by atoms with Crippen LogP contribution in [0.15, 0.2) is 131 Å². The van der Waals surface area contributed by atoms with Gasteiger partial charge in [0.15, 0.2) is 0 Å². The molecule has 1 atom stereocenters. The Balaban J connectivity index is 1.06. The van der Waals surface area contributed by atoms with Crippen LogP contribution in [0.25, 0.3) is 22.4 Å². The number of likely N-dealkylation sites (N-methyl/N-ethyl adjacent to an activating group) is 1. The Morgan fingerprint density at radius 3 is 2.28 bits per heavy atom. The first-order valence-electron chi connectivity index (χ1n) is 22.9. The zero-order valence-electron chi connectivity index (χ0n) is 39.7. The van der Waals surface area contributed by atoms with Crippen molar-refractivity contribution in [2.45, 2.75) is 35.6 Å². The predicted octanol–water partition coefficient (Wildman–Crippen LogP) is 9.32. The number of nitro benzene ring substituents is 1. The van der Waals surface area contributed by atoms with Crippen molar-refractivity contribution < 1.29 is 18.1 Å². The van der Waals surface area contributed by atoms with Crippen molar-refractivity contribution >= 4 is 56.4 Å². The molecule has 360 valence electrons. The molecule has 69 heavy (non-hydrogen) atoms. The second kappa shape index (κ2) is 23.5. The quantitative estimate of drug-likeness (QED) is 0.0236. The van der Waals surface area contributed by atoms with E-state index >= 15 is 0 Å². The number of rotatable bonds is 19. The van der Waals surface area contributed by atoms with Gasteiger partial charge in [-0.05, 0) is 138 Å². The summed E-state index contributed by atoms with van der Waals surface area (Å²) in [7, 11) is 3.85. The molecule has 16 heteroatoms. The lowest BCUT2D eigenvalue weighted by atomic mass is 9.95. The van der Waals surface area contributed by atoms with E-state index in [1.54, 1.807) is 36.0 Å². The minimum atomic E-state index is -4.20. The molecule has 5 aromatic carbocycles. The van der Waals surface area contributed by atoms with Crippen molar-refractivity contribution in [2.24, 2.45) is 7.05 Å². The highest BCUT2D eigenvalue weighted by Crippen LogP contribution is 2.39. The van der Waals surface area contributed by atoms with Crippen molar-refractivity contribution in [3.8, 4) is 34.2 Å². The van der Waals surface area contributed by atoms with Gasteiger partial charge in [-0.2, -0.15) is 0 Å². The Bertz CT molecular complexity index is 2910. The highest BCUT2D eigenvalue weighted by atomic mass is 35.5. The van der Waals surface area contributed by atoms with Gasteiger partial charge in [-0.25, -0.2) is 8.42 Å². The number of carbonyl (C=O) groups is 1. The van der Waals surface area contributed by atoms with Crippen LogP contribution >= 0.6 is 23.4 Å². The van der Waals surface area contributed by atoms with Crippen LogP contribution in [0.4, 0.5) is 17.1 Å². The van der Waals surface area contributed by atoms with E-state index in [2.05, 4.69) is 53.5 Å². The summed E-state index contributed by atoms with van der Waals surface area (Å²) in [5.41, 5.74) is 6.42. The normalized spacial score (nSPS) is 13.7. The molecule has 0 aliphatic carbocycles. The number of nitrogens with one attached hydrogen (secondary N) is 3. The molecule has 2 heterocycles. The van der Waals surface area contributed by atoms with Gasteiger partial charge in [0.05, 0.1) is 21.1 Å². The molecule has 1 aliphatic heterocycles. The summed E-state index contributed by atoms with van der Waals surface area (Å²) in [6.07, 6.45) is 1.57. The summed E-state index contributed by atoms with van der Waals surface area (Å²) in [5.74, 6) is 6.96. The zero-order chi connectivity index (χ0) is 49.1. The van der Waals surface area contributed by atoms with Gasteiger partial charge in [-0.1, -0.05) is 65.9 Å². The first-order valence-corrected chi connectivity index (χ1v) is 25.8. The van der Waals surface area contributed by atoms with Crippen molar-refractivity contribution in [2.75, 3.05) is 82.7 Å². The Morgan fingerprint density at radius 1 is 0.870 bits per heavy atom. The van der Waals surface area contributed by atoms with Gasteiger partial charge in [0.2, 0.25) is 0 Å². The van der Waals surface area contributed by atoms with E-state index in [0.29, 0.717) is 28.4 Å². The average Bonchev–Trinajstić information content (AvgIpc) is 3.61. The van der Waals surface area contributed by atoms with E-state index in [0.717, 1.165) is 96.7 Å². The molecule has 0 spiro atoms. The highest BCUT2D eigenvalue weighted by Gasteiger charge is 2.27. The third-order valence-corrected chi connectivity index (χ3v) is 15.0. The number of halogens is 1. The number of amides is 1. The number of sulfonamides is 1. The Morgan fingerprint density at radius 2 is 1.58 bits per heavy atom. The van der Waals surface area contributed by atoms with Gasteiger partial charge < -0.3 is 29.9 Å². The van der Waals surface area contributed by atoms with Crippen molar-refractivity contribution in [3.63, 3.8) is 0 Å². The molecule has 0 unspecified atom stereocenters. The molecule has 0 bridgehead atoms. The monoisotopic (exact) mass is 986 g/mol. The number of carbonyl (C=O) groups excluding carboxylic acids is 1. The van der Waals surface area contributed by atoms with E-state index in [1.165, 1.54) is 12.1 Å². The van der Waals surface area contributed by atoms with Crippen LogP contribution in [0, 0.1) is 28.9 Å². The first kappa shape index (κ1) is 50.7. The highest BCUT2D eigenvalue weighted by molar-refractivity contribution is 7.99. The van der Waals surface area contributed by atoms with Gasteiger partial charge in [-0.3, -0.25) is 19.6 Å². The molecular weight excluding hydrogens is 928 g/mol. The van der Waals surface area contributed by atoms with Crippen LogP contribution in [0.1, 0.15) is 40.0 Å². The summed E-state index contributed by atoms with van der Waals surface area (Å²) in [6, 6.07) is 35.7. The second-order valence-corrected chi connectivity index (χ2v) is 20.7. The molecular formula is C53H59ClN8O5S2. The smallest absolute Gasteiger partial charge is 0.293 e. The van der Waals surface area contributed by atoms with Crippen LogP contribution in [0.5, 0.6) is 0 Å². The van der Waals surface area contributed by atoms with E-state index < -0.39 is 14.9 Å². The lowest BCUT2D eigenvalue weighted by Gasteiger charge is -2.32. The van der Waals surface area contributed by atoms with E-state index in [9.17, 15) is 23.3 Å². The lowest BCUT2D eigenvalue weighted by Crippen LogP contribution is -2.45. The standard InChI is InChI=1S/C53H59ClN8O5S2/c1-38-50(53(63)55-28-10-29-61-33-31-59(4)32-34-61)51(52(60(38)5)41-19-21-43(54)22-20-41)42-12-9-11-40(35-42)16-15-39-17-23-44(24-18-39)57-69(66,67)47-25-26-48(49(36-47)62(64)65)56-45(27-30-58(2)3)37-68-46-13-7-6-8-14-46/h6-9,11-14,17-26,35-36,45,56-57H,10,27-34,37H2,1-5H3,(H,55,63)/t45-/m1/s1. The first-order chi connectivity index (χ1) is 33.1. The fourth-order valence-corrected chi connectivity index (χ4v) is 10.4. The molecule has 1 amide bonds. The van der Waals surface area contributed by atoms with Crippen LogP contribution in [-0.2, 0) is 17.1 Å². The predicted molar refractivity (Wildman–Crippen MR) is 281 cm³/mol. The fourth-order valence-electron chi connectivity index (χ4n) is 8.20. The number of anilines is 2. The minimum Gasteiger partial charge on any atom is -0.376 e. The zero-order valence-corrected chi connectivity index (χ0v) is 42.1. The van der Waals surface area contributed by atoms with Crippen molar-refractivity contribution in [3.05, 3.63) is 159 Å². The Hall–Kier alpha value is -6.12. The van der Waals surface area contributed by atoms with Crippen molar-refractivity contribution in [1.29, 1.82) is 0 Å². The molecule has 6 aromatic rings. The van der Waals surface area contributed by atoms with E-state index in [1.807, 2.05) is 107 Å². The summed E-state index contributed by atoms with van der Waals surface area (Å²) in [6.45, 7) is 8.36. The molecule has 3 N–H and O–H groups in total. The maximum Gasteiger partial charge on any atom is 0.293 e. The summed E-state index contributed by atoms with van der Waals surface area (Å²) < 4.78 is 31.8. The molecule has 13 nitrogen and oxygen atoms in total. The van der Waals surface area contributed by atoms with Gasteiger partial charge in [0.25, 0.3) is 21.6 Å². The lowest BCUT2D eigenvalue weighted by molar-refractivity contribution is -0.384. The molecule has 7 rings (SSSR count). The number of hydrogen-bond donors (Lipinski definition) is 3. The molecule has 1 aromatic heterocycles. The summed E-state index contributed by atoms with van der Waals surface area (Å²) >= 11 is 7.96. The average molecular weight is 988 g/mol. The topological polar surface area (TPSA) is 145 Å². The van der Waals surface area contributed by atoms with Crippen LogP contribution in [0.3, 0.4) is 0 Å². The third-order valence-electron chi connectivity index (χ3n) is 12.2. The molecule has 1 fully saturated rings. The van der Waals surface area contributed by atoms with Gasteiger partial charge >= 0.3 is 0 Å². The van der Waals surface area contributed by atoms with Crippen LogP contribution in [-0.4, -0.2) is 117 Å². The number of piperazine rings is 1. The van der Waals surface area contributed by atoms with Gasteiger partial charge in [0.1, 0.15) is 5.69 Å². The fraction of sp³-hybridized carbons (Fsp3) is 0.302. The van der Waals surface area contributed by atoms with E-state index in [-0.39, 0.29) is 33.9 Å². The number of benzene rings is 5. The maximum absolute atomic E-state index is 14.1. The Labute approximate surface area is 415 Å². The van der Waals surface area contributed by atoms with Crippen molar-refractivity contribution in [1.82, 2.24) is 24.6 Å². The molecule has 1 aliphatic rings. The number of aromatic nitrogens is 1. The minimum absolute atomic E-state index is 0.123. The van der Waals surface area contributed by atoms with Crippen LogP contribution in [0.2, 0.25) is 5.02 Å². The van der Waals surface area contributed by atoms with Crippen LogP contribution < -0.4 is 15.4 Å².